The zero-order valence-electron chi connectivity index (χ0n) is 14.9. The molecule has 3 fully saturated rings. The molecule has 0 spiro atoms. The van der Waals surface area contributed by atoms with Crippen molar-refractivity contribution in [3.8, 4) is 10.4 Å². The van der Waals surface area contributed by atoms with Crippen LogP contribution in [-0.4, -0.2) is 42.2 Å². The van der Waals surface area contributed by atoms with Gasteiger partial charge in [-0.05, 0) is 51.4 Å². The second kappa shape index (κ2) is 7.94. The summed E-state index contributed by atoms with van der Waals surface area (Å²) < 4.78 is 5.60. The van der Waals surface area contributed by atoms with Gasteiger partial charge in [-0.15, -0.1) is 23.7 Å². The van der Waals surface area contributed by atoms with Crippen LogP contribution in [0.15, 0.2) is 30.3 Å². The number of nitrogens with zero attached hydrogens (tertiary/aromatic N) is 2. The Kier molecular flexibility index (Phi) is 5.85. The number of fused-ring (bicyclic) bond motifs is 3. The third-order valence-electron chi connectivity index (χ3n) is 5.38. The van der Waals surface area contributed by atoms with E-state index in [1.807, 2.05) is 37.3 Å². The molecule has 140 valence electrons. The number of benzene rings is 1. The van der Waals surface area contributed by atoms with Gasteiger partial charge in [0.15, 0.2) is 5.82 Å². The Labute approximate surface area is 164 Å². The maximum atomic E-state index is 12.3. The van der Waals surface area contributed by atoms with Gasteiger partial charge in [0.05, 0.1) is 16.5 Å². The molecule has 0 atom stereocenters. The lowest BCUT2D eigenvalue weighted by Crippen LogP contribution is -2.50. The molecule has 3 aliphatic heterocycles. The number of carbonyl (C=O) groups is 1. The minimum absolute atomic E-state index is 0. The average molecular weight is 394 g/mol. The molecule has 1 amide bonds. The molecule has 4 heterocycles. The SMILES string of the molecule is Cc1nc(NC(=O)OCC23CCN(CC2)CC3)c(-c2ccccc2)s1.Cl. The number of anilines is 1. The number of amides is 1. The lowest BCUT2D eigenvalue weighted by Gasteiger charge is -2.47. The Hall–Kier alpha value is -1.63. The van der Waals surface area contributed by atoms with Gasteiger partial charge in [0.2, 0.25) is 0 Å². The van der Waals surface area contributed by atoms with Crippen molar-refractivity contribution in [2.75, 3.05) is 31.6 Å². The topological polar surface area (TPSA) is 54.5 Å². The molecule has 0 aliphatic carbocycles. The summed E-state index contributed by atoms with van der Waals surface area (Å²) in [5.74, 6) is 0.592. The van der Waals surface area contributed by atoms with E-state index in [0.29, 0.717) is 12.4 Å². The number of hydrogen-bond donors (Lipinski definition) is 1. The quantitative estimate of drug-likeness (QED) is 0.826. The molecule has 0 radical (unpaired) electrons. The highest BCUT2D eigenvalue weighted by molar-refractivity contribution is 7.15. The molecule has 3 saturated heterocycles. The van der Waals surface area contributed by atoms with Crippen LogP contribution in [-0.2, 0) is 4.74 Å². The molecule has 0 unspecified atom stereocenters. The Morgan fingerprint density at radius 2 is 1.88 bits per heavy atom. The highest BCUT2D eigenvalue weighted by Gasteiger charge is 2.40. The van der Waals surface area contributed by atoms with Crippen LogP contribution in [0.4, 0.5) is 10.6 Å². The number of piperidine rings is 3. The molecule has 7 heteroatoms. The fraction of sp³-hybridized carbons (Fsp3) is 0.474. The first-order valence-corrected chi connectivity index (χ1v) is 9.64. The monoisotopic (exact) mass is 393 g/mol. The number of thiazole rings is 1. The lowest BCUT2D eigenvalue weighted by atomic mass is 9.73. The van der Waals surface area contributed by atoms with Crippen molar-refractivity contribution in [3.63, 3.8) is 0 Å². The average Bonchev–Trinajstić information content (AvgIpc) is 3.02. The molecular formula is C19H24ClN3O2S. The molecule has 0 saturated carbocycles. The molecule has 26 heavy (non-hydrogen) atoms. The number of aryl methyl sites for hydroxylation is 1. The van der Waals surface area contributed by atoms with Crippen molar-refractivity contribution >= 4 is 35.7 Å². The summed E-state index contributed by atoms with van der Waals surface area (Å²) in [5.41, 5.74) is 1.24. The second-order valence-electron chi connectivity index (χ2n) is 7.07. The molecule has 2 aromatic rings. The largest absolute Gasteiger partial charge is 0.449 e. The fourth-order valence-corrected chi connectivity index (χ4v) is 4.64. The molecule has 1 N–H and O–H groups in total. The summed E-state index contributed by atoms with van der Waals surface area (Å²) in [7, 11) is 0. The third-order valence-corrected chi connectivity index (χ3v) is 6.39. The van der Waals surface area contributed by atoms with E-state index >= 15 is 0 Å². The lowest BCUT2D eigenvalue weighted by molar-refractivity contribution is -0.0190. The first-order chi connectivity index (χ1) is 12.1. The van der Waals surface area contributed by atoms with Crippen LogP contribution in [0.25, 0.3) is 10.4 Å². The maximum absolute atomic E-state index is 12.3. The highest BCUT2D eigenvalue weighted by atomic mass is 35.5. The molecular weight excluding hydrogens is 370 g/mol. The Bertz CT molecular complexity index is 744. The highest BCUT2D eigenvalue weighted by Crippen LogP contribution is 2.40. The van der Waals surface area contributed by atoms with Gasteiger partial charge in [-0.3, -0.25) is 5.32 Å². The van der Waals surface area contributed by atoms with Crippen LogP contribution in [0.5, 0.6) is 0 Å². The fourth-order valence-electron chi connectivity index (χ4n) is 3.76. The van der Waals surface area contributed by atoms with Crippen LogP contribution >= 0.6 is 23.7 Å². The smallest absolute Gasteiger partial charge is 0.412 e. The summed E-state index contributed by atoms with van der Waals surface area (Å²) in [4.78, 5) is 20.3. The first kappa shape index (κ1) is 19.1. The first-order valence-electron chi connectivity index (χ1n) is 8.83. The normalized spacial score (nSPS) is 24.0. The number of carbonyl (C=O) groups excluding carboxylic acids is 1. The molecule has 1 aromatic heterocycles. The minimum atomic E-state index is -0.398. The van der Waals surface area contributed by atoms with Gasteiger partial charge in [0.25, 0.3) is 0 Å². The second-order valence-corrected chi connectivity index (χ2v) is 8.27. The van der Waals surface area contributed by atoms with Crippen LogP contribution in [0.2, 0.25) is 0 Å². The van der Waals surface area contributed by atoms with Gasteiger partial charge >= 0.3 is 6.09 Å². The van der Waals surface area contributed by atoms with Crippen molar-refractivity contribution in [3.05, 3.63) is 35.3 Å². The number of rotatable bonds is 4. The van der Waals surface area contributed by atoms with Crippen LogP contribution in [0, 0.1) is 12.3 Å². The number of ether oxygens (including phenoxy) is 1. The molecule has 2 bridgehead atoms. The Morgan fingerprint density at radius 3 is 2.54 bits per heavy atom. The van der Waals surface area contributed by atoms with E-state index in [1.54, 1.807) is 11.3 Å². The maximum Gasteiger partial charge on any atom is 0.412 e. The van der Waals surface area contributed by atoms with Crippen molar-refractivity contribution in [2.24, 2.45) is 5.41 Å². The minimum Gasteiger partial charge on any atom is -0.449 e. The van der Waals surface area contributed by atoms with E-state index < -0.39 is 6.09 Å². The van der Waals surface area contributed by atoms with Crippen molar-refractivity contribution in [1.29, 1.82) is 0 Å². The van der Waals surface area contributed by atoms with E-state index in [2.05, 4.69) is 15.2 Å². The van der Waals surface area contributed by atoms with Gasteiger partial charge in [0, 0.05) is 5.41 Å². The molecule has 5 rings (SSSR count). The third kappa shape index (κ3) is 4.03. The molecule has 5 nitrogen and oxygen atoms in total. The van der Waals surface area contributed by atoms with E-state index in [0.717, 1.165) is 54.3 Å². The van der Waals surface area contributed by atoms with Crippen LogP contribution in [0.3, 0.4) is 0 Å². The number of hydrogen-bond acceptors (Lipinski definition) is 5. The van der Waals surface area contributed by atoms with Crippen molar-refractivity contribution in [1.82, 2.24) is 9.88 Å². The van der Waals surface area contributed by atoms with Gasteiger partial charge in [-0.1, -0.05) is 30.3 Å². The predicted molar refractivity (Wildman–Crippen MR) is 107 cm³/mol. The summed E-state index contributed by atoms with van der Waals surface area (Å²) in [6.07, 6.45) is 2.99. The summed E-state index contributed by atoms with van der Waals surface area (Å²) >= 11 is 1.58. The Balaban J connectivity index is 0.00000196. The summed E-state index contributed by atoms with van der Waals surface area (Å²) in [5, 5.41) is 3.77. The molecule has 1 aromatic carbocycles. The van der Waals surface area contributed by atoms with Crippen LogP contribution in [0.1, 0.15) is 24.3 Å². The van der Waals surface area contributed by atoms with Gasteiger partial charge in [-0.25, -0.2) is 9.78 Å². The number of aromatic nitrogens is 1. The van der Waals surface area contributed by atoms with E-state index in [9.17, 15) is 4.79 Å². The van der Waals surface area contributed by atoms with E-state index in [-0.39, 0.29) is 17.8 Å². The zero-order valence-corrected chi connectivity index (χ0v) is 16.5. The van der Waals surface area contributed by atoms with E-state index in [1.165, 1.54) is 0 Å². The van der Waals surface area contributed by atoms with Gasteiger partial charge < -0.3 is 9.64 Å². The predicted octanol–water partition coefficient (Wildman–Crippen LogP) is 4.57. The standard InChI is InChI=1S/C19H23N3O2S.ClH/c1-14-20-17(16(25-14)15-5-3-2-4-6-15)21-18(23)24-13-19-7-10-22(11-8-19)12-9-19;/h2-6H,7-13H2,1H3,(H,21,23);1H. The van der Waals surface area contributed by atoms with Crippen molar-refractivity contribution in [2.45, 2.75) is 26.2 Å². The summed E-state index contributed by atoms with van der Waals surface area (Å²) in [6, 6.07) is 10.0. The van der Waals surface area contributed by atoms with Gasteiger partial charge in [0.1, 0.15) is 0 Å². The molecule has 3 aliphatic rings. The number of nitrogens with one attached hydrogen (secondary N) is 1. The van der Waals surface area contributed by atoms with E-state index in [4.69, 9.17) is 4.74 Å². The van der Waals surface area contributed by atoms with Gasteiger partial charge in [-0.2, -0.15) is 0 Å². The Morgan fingerprint density at radius 1 is 1.23 bits per heavy atom. The van der Waals surface area contributed by atoms with Crippen molar-refractivity contribution < 1.29 is 9.53 Å². The zero-order chi connectivity index (χ0) is 17.3. The van der Waals surface area contributed by atoms with Crippen LogP contribution < -0.4 is 5.32 Å². The number of halogens is 1. The summed E-state index contributed by atoms with van der Waals surface area (Å²) in [6.45, 7) is 5.86.